The number of aromatic nitrogens is 3. The number of rotatable bonds is 4. The van der Waals surface area contributed by atoms with E-state index in [1.807, 2.05) is 23.0 Å². The maximum atomic E-state index is 5.93. The first-order valence-corrected chi connectivity index (χ1v) is 5.54. The third kappa shape index (κ3) is 2.21. The molecule has 0 unspecified atom stereocenters. The molecule has 2 rings (SSSR count). The zero-order valence-corrected chi connectivity index (χ0v) is 9.43. The van der Waals surface area contributed by atoms with Gasteiger partial charge in [0.15, 0.2) is 0 Å². The molecule has 2 aromatic rings. The van der Waals surface area contributed by atoms with Crippen molar-refractivity contribution in [2.45, 2.75) is 26.3 Å². The maximum absolute atomic E-state index is 5.93. The van der Waals surface area contributed by atoms with Crippen LogP contribution in [-0.4, -0.2) is 14.8 Å². The number of hydrogen-bond acceptors (Lipinski definition) is 3. The largest absolute Gasteiger partial charge is 0.396 e. The Labute approximate surface area is 95.1 Å². The second-order valence-corrected chi connectivity index (χ2v) is 3.79. The first-order valence-electron chi connectivity index (χ1n) is 5.54. The van der Waals surface area contributed by atoms with E-state index in [9.17, 15) is 0 Å². The Morgan fingerprint density at radius 1 is 1.44 bits per heavy atom. The Morgan fingerprint density at radius 3 is 3.00 bits per heavy atom. The van der Waals surface area contributed by atoms with Crippen LogP contribution < -0.4 is 5.73 Å². The van der Waals surface area contributed by atoms with Crippen molar-refractivity contribution in [2.24, 2.45) is 0 Å². The van der Waals surface area contributed by atoms with Gasteiger partial charge in [-0.05, 0) is 18.6 Å². The van der Waals surface area contributed by atoms with Gasteiger partial charge in [-0.1, -0.05) is 13.3 Å². The summed E-state index contributed by atoms with van der Waals surface area (Å²) in [5.74, 6) is 0. The molecule has 0 saturated heterocycles. The highest BCUT2D eigenvalue weighted by Gasteiger charge is 2.07. The number of pyridine rings is 1. The molecule has 0 bridgehead atoms. The first-order chi connectivity index (χ1) is 7.81. The normalized spacial score (nSPS) is 10.6. The highest BCUT2D eigenvalue weighted by atomic mass is 15.3. The summed E-state index contributed by atoms with van der Waals surface area (Å²) >= 11 is 0. The minimum absolute atomic E-state index is 0.712. The predicted octanol–water partition coefficient (Wildman–Crippen LogP) is 2.33. The molecule has 0 aliphatic rings. The molecule has 0 fully saturated rings. The van der Waals surface area contributed by atoms with Crippen LogP contribution in [0.2, 0.25) is 0 Å². The molecule has 4 heteroatoms. The van der Waals surface area contributed by atoms with Gasteiger partial charge in [-0.3, -0.25) is 9.67 Å². The van der Waals surface area contributed by atoms with Gasteiger partial charge < -0.3 is 5.73 Å². The number of unbranched alkanes of at least 4 members (excludes halogenated alkanes) is 1. The van der Waals surface area contributed by atoms with E-state index in [1.54, 1.807) is 12.4 Å². The summed E-state index contributed by atoms with van der Waals surface area (Å²) in [6.07, 6.45) is 7.68. The van der Waals surface area contributed by atoms with Gasteiger partial charge >= 0.3 is 0 Å². The fraction of sp³-hybridized carbons (Fsp3) is 0.333. The second-order valence-electron chi connectivity index (χ2n) is 3.79. The second kappa shape index (κ2) is 4.79. The van der Waals surface area contributed by atoms with Crippen LogP contribution in [0.4, 0.5) is 5.69 Å². The molecule has 0 aromatic carbocycles. The molecule has 16 heavy (non-hydrogen) atoms. The minimum atomic E-state index is 0.712. The molecule has 0 saturated carbocycles. The molecule has 0 radical (unpaired) electrons. The lowest BCUT2D eigenvalue weighted by Gasteiger charge is -1.98. The molecular weight excluding hydrogens is 200 g/mol. The number of anilines is 1. The summed E-state index contributed by atoms with van der Waals surface area (Å²) in [7, 11) is 0. The van der Waals surface area contributed by atoms with Crippen molar-refractivity contribution in [1.29, 1.82) is 0 Å². The van der Waals surface area contributed by atoms with Gasteiger partial charge in [-0.15, -0.1) is 0 Å². The van der Waals surface area contributed by atoms with Gasteiger partial charge in [-0.25, -0.2) is 0 Å². The van der Waals surface area contributed by atoms with Gasteiger partial charge in [0.05, 0.1) is 5.69 Å². The Morgan fingerprint density at radius 2 is 2.31 bits per heavy atom. The summed E-state index contributed by atoms with van der Waals surface area (Å²) in [6.45, 7) is 3.08. The Kier molecular flexibility index (Phi) is 3.19. The van der Waals surface area contributed by atoms with Crippen LogP contribution in [0.15, 0.2) is 30.7 Å². The lowest BCUT2D eigenvalue weighted by Crippen LogP contribution is -1.97. The molecule has 0 atom stereocenters. The third-order valence-electron chi connectivity index (χ3n) is 2.47. The van der Waals surface area contributed by atoms with Gasteiger partial charge in [-0.2, -0.15) is 5.10 Å². The topological polar surface area (TPSA) is 56.7 Å². The summed E-state index contributed by atoms with van der Waals surface area (Å²) < 4.78 is 1.90. The lowest BCUT2D eigenvalue weighted by atomic mass is 10.2. The van der Waals surface area contributed by atoms with Crippen molar-refractivity contribution < 1.29 is 0 Å². The fourth-order valence-corrected chi connectivity index (χ4v) is 1.60. The maximum Gasteiger partial charge on any atom is 0.117 e. The number of nitrogen functional groups attached to an aromatic ring is 1. The average Bonchev–Trinajstić information content (AvgIpc) is 2.69. The van der Waals surface area contributed by atoms with Crippen molar-refractivity contribution in [3.05, 3.63) is 30.7 Å². The molecule has 2 aromatic heterocycles. The van der Waals surface area contributed by atoms with Crippen molar-refractivity contribution in [3.63, 3.8) is 0 Å². The van der Waals surface area contributed by atoms with Gasteiger partial charge in [0, 0.05) is 30.7 Å². The average molecular weight is 216 g/mol. The fourth-order valence-electron chi connectivity index (χ4n) is 1.60. The SMILES string of the molecule is CCCCn1cc(N)c(-c2cccnc2)n1. The van der Waals surface area contributed by atoms with E-state index in [4.69, 9.17) is 5.73 Å². The monoisotopic (exact) mass is 216 g/mol. The standard InChI is InChI=1S/C12H16N4/c1-2-3-7-16-9-11(13)12(15-16)10-5-4-6-14-8-10/h4-6,8-9H,2-3,7,13H2,1H3. The quantitative estimate of drug-likeness (QED) is 0.853. The minimum Gasteiger partial charge on any atom is -0.396 e. The first kappa shape index (κ1) is 10.7. The van der Waals surface area contributed by atoms with Crippen LogP contribution in [0.25, 0.3) is 11.3 Å². The molecular formula is C12H16N4. The number of hydrogen-bond donors (Lipinski definition) is 1. The van der Waals surface area contributed by atoms with Crippen LogP contribution in [0, 0.1) is 0 Å². The highest BCUT2D eigenvalue weighted by Crippen LogP contribution is 2.22. The Bertz CT molecular complexity index is 447. The number of nitrogens with two attached hydrogens (primary N) is 1. The smallest absolute Gasteiger partial charge is 0.117 e. The molecule has 2 heterocycles. The van der Waals surface area contributed by atoms with Gasteiger partial charge in [0.2, 0.25) is 0 Å². The van der Waals surface area contributed by atoms with E-state index >= 15 is 0 Å². The van der Waals surface area contributed by atoms with Crippen molar-refractivity contribution in [2.75, 3.05) is 5.73 Å². The molecule has 0 spiro atoms. The highest BCUT2D eigenvalue weighted by molar-refractivity contribution is 5.71. The van der Waals surface area contributed by atoms with Crippen molar-refractivity contribution >= 4 is 5.69 Å². The molecule has 84 valence electrons. The molecule has 0 aliphatic carbocycles. The zero-order valence-electron chi connectivity index (χ0n) is 9.43. The molecule has 2 N–H and O–H groups in total. The van der Waals surface area contributed by atoms with Crippen molar-refractivity contribution in [3.8, 4) is 11.3 Å². The van der Waals surface area contributed by atoms with Crippen molar-refractivity contribution in [1.82, 2.24) is 14.8 Å². The number of nitrogens with zero attached hydrogens (tertiary/aromatic N) is 3. The van der Waals surface area contributed by atoms with Crippen LogP contribution in [-0.2, 0) is 6.54 Å². The van der Waals surface area contributed by atoms with E-state index in [1.165, 1.54) is 0 Å². The van der Waals surface area contributed by atoms with Crippen LogP contribution in [0.3, 0.4) is 0 Å². The summed E-state index contributed by atoms with van der Waals surface area (Å²) in [5, 5.41) is 4.47. The van der Waals surface area contributed by atoms with E-state index in [2.05, 4.69) is 17.0 Å². The van der Waals surface area contributed by atoms with Crippen LogP contribution >= 0.6 is 0 Å². The predicted molar refractivity (Wildman–Crippen MR) is 64.8 cm³/mol. The van der Waals surface area contributed by atoms with Crippen LogP contribution in [0.1, 0.15) is 19.8 Å². The zero-order chi connectivity index (χ0) is 11.4. The number of aryl methyl sites for hydroxylation is 1. The van der Waals surface area contributed by atoms with Gasteiger partial charge in [0.1, 0.15) is 5.69 Å². The lowest BCUT2D eigenvalue weighted by molar-refractivity contribution is 0.573. The van der Waals surface area contributed by atoms with Gasteiger partial charge in [0.25, 0.3) is 0 Å². The molecule has 4 nitrogen and oxygen atoms in total. The van der Waals surface area contributed by atoms with E-state index in [0.717, 1.165) is 30.6 Å². The van der Waals surface area contributed by atoms with Crippen LogP contribution in [0.5, 0.6) is 0 Å². The van der Waals surface area contributed by atoms with E-state index < -0.39 is 0 Å². The Balaban J connectivity index is 2.25. The molecule has 0 aliphatic heterocycles. The summed E-state index contributed by atoms with van der Waals surface area (Å²) in [5.41, 5.74) is 8.44. The summed E-state index contributed by atoms with van der Waals surface area (Å²) in [4.78, 5) is 4.07. The van der Waals surface area contributed by atoms with E-state index in [0.29, 0.717) is 5.69 Å². The Hall–Kier alpha value is -1.84. The summed E-state index contributed by atoms with van der Waals surface area (Å²) in [6, 6.07) is 3.86. The van der Waals surface area contributed by atoms with E-state index in [-0.39, 0.29) is 0 Å². The third-order valence-corrected chi connectivity index (χ3v) is 2.47. The molecule has 0 amide bonds.